The molecule has 1 aliphatic rings. The fraction of sp³-hybridized carbons (Fsp3) is 0.296. The van der Waals surface area contributed by atoms with Crippen LogP contribution < -0.4 is 11.1 Å². The van der Waals surface area contributed by atoms with E-state index in [0.29, 0.717) is 17.4 Å². The van der Waals surface area contributed by atoms with Gasteiger partial charge in [0.1, 0.15) is 5.82 Å². The molecule has 0 radical (unpaired) electrons. The third-order valence-electron chi connectivity index (χ3n) is 6.58. The van der Waals surface area contributed by atoms with E-state index in [1.165, 1.54) is 0 Å². The van der Waals surface area contributed by atoms with Crippen LogP contribution >= 0.6 is 11.6 Å². The number of nitrogens with two attached hydrogens (primary N) is 1. The van der Waals surface area contributed by atoms with Gasteiger partial charge in [-0.15, -0.1) is 0 Å². The second-order valence-electron chi connectivity index (χ2n) is 9.98. The molecule has 0 aliphatic carbocycles. The van der Waals surface area contributed by atoms with Crippen molar-refractivity contribution >= 4 is 23.3 Å². The number of anilines is 1. The predicted octanol–water partition coefficient (Wildman–Crippen LogP) is 4.84. The molecule has 1 aliphatic heterocycles. The number of halogens is 1. The second-order valence-corrected chi connectivity index (χ2v) is 10.4. The van der Waals surface area contributed by atoms with Gasteiger partial charge in [-0.1, -0.05) is 31.5 Å². The predicted molar refractivity (Wildman–Crippen MR) is 140 cm³/mol. The zero-order valence-corrected chi connectivity index (χ0v) is 21.3. The fourth-order valence-electron chi connectivity index (χ4n) is 4.50. The van der Waals surface area contributed by atoms with E-state index in [2.05, 4.69) is 39.2 Å². The summed E-state index contributed by atoms with van der Waals surface area (Å²) in [6.45, 7) is 7.55. The Labute approximate surface area is 215 Å². The number of rotatable bonds is 6. The molecule has 0 fully saturated rings. The molecule has 8 nitrogen and oxygen atoms in total. The molecule has 5 rings (SSSR count). The van der Waals surface area contributed by atoms with Crippen molar-refractivity contribution < 1.29 is 4.79 Å². The first-order valence-corrected chi connectivity index (χ1v) is 12.2. The summed E-state index contributed by atoms with van der Waals surface area (Å²) in [5.41, 5.74) is 12.0. The van der Waals surface area contributed by atoms with Gasteiger partial charge in [0.15, 0.2) is 0 Å². The maximum Gasteiger partial charge on any atom is 0.232 e. The van der Waals surface area contributed by atoms with Crippen molar-refractivity contribution in [3.05, 3.63) is 77.1 Å². The van der Waals surface area contributed by atoms with Gasteiger partial charge >= 0.3 is 0 Å². The number of carbonyl (C=O) groups is 1. The number of nitrogens with one attached hydrogen (secondary N) is 1. The second kappa shape index (κ2) is 9.44. The molecule has 1 atom stereocenters. The lowest BCUT2D eigenvalue weighted by molar-refractivity contribution is -0.117. The molecule has 5 heterocycles. The van der Waals surface area contributed by atoms with Crippen LogP contribution in [0.15, 0.2) is 55.1 Å². The topological polar surface area (TPSA) is 112 Å². The molecule has 0 saturated carbocycles. The molecule has 3 N–H and O–H groups in total. The van der Waals surface area contributed by atoms with Crippen LogP contribution in [0, 0.1) is 5.41 Å². The van der Waals surface area contributed by atoms with Crippen molar-refractivity contribution in [3.8, 4) is 22.4 Å². The Balaban J connectivity index is 1.31. The highest BCUT2D eigenvalue weighted by Gasteiger charge is 2.32. The molecular weight excluding hydrogens is 474 g/mol. The Kier molecular flexibility index (Phi) is 6.32. The van der Waals surface area contributed by atoms with Crippen molar-refractivity contribution in [2.45, 2.75) is 46.2 Å². The lowest BCUT2D eigenvalue weighted by atomic mass is 9.89. The van der Waals surface area contributed by atoms with Crippen LogP contribution in [-0.4, -0.2) is 30.6 Å². The zero-order valence-electron chi connectivity index (χ0n) is 20.5. The van der Waals surface area contributed by atoms with Crippen molar-refractivity contribution in [1.29, 1.82) is 0 Å². The van der Waals surface area contributed by atoms with Gasteiger partial charge in [-0.25, -0.2) is 4.98 Å². The lowest BCUT2D eigenvalue weighted by Crippen LogP contribution is -2.19. The molecule has 9 heteroatoms. The molecular formula is C27H28ClN7O. The molecule has 0 saturated heterocycles. The van der Waals surface area contributed by atoms with Gasteiger partial charge in [0.2, 0.25) is 5.91 Å². The summed E-state index contributed by atoms with van der Waals surface area (Å²) in [4.78, 5) is 26.2. The van der Waals surface area contributed by atoms with Crippen LogP contribution in [0.1, 0.15) is 43.6 Å². The summed E-state index contributed by atoms with van der Waals surface area (Å²) in [5, 5.41) is 7.99. The first-order valence-electron chi connectivity index (χ1n) is 11.9. The normalized spacial score (nSPS) is 14.9. The number of aromatic nitrogens is 5. The van der Waals surface area contributed by atoms with Gasteiger partial charge in [0.25, 0.3) is 0 Å². The summed E-state index contributed by atoms with van der Waals surface area (Å²) in [6, 6.07) is 9.43. The van der Waals surface area contributed by atoms with E-state index in [9.17, 15) is 4.79 Å². The van der Waals surface area contributed by atoms with Gasteiger partial charge in [-0.05, 0) is 48.6 Å². The number of hydrogen-bond donors (Lipinski definition) is 2. The maximum absolute atomic E-state index is 13.0. The zero-order chi connectivity index (χ0) is 25.4. The largest absolute Gasteiger partial charge is 0.325 e. The molecule has 0 bridgehead atoms. The average molecular weight is 502 g/mol. The molecule has 1 amide bonds. The van der Waals surface area contributed by atoms with E-state index >= 15 is 0 Å². The van der Waals surface area contributed by atoms with E-state index in [1.54, 1.807) is 18.6 Å². The maximum atomic E-state index is 13.0. The van der Waals surface area contributed by atoms with Gasteiger partial charge in [0.05, 0.1) is 28.5 Å². The van der Waals surface area contributed by atoms with E-state index < -0.39 is 5.92 Å². The molecule has 0 aromatic carbocycles. The Morgan fingerprint density at radius 3 is 2.64 bits per heavy atom. The summed E-state index contributed by atoms with van der Waals surface area (Å²) in [7, 11) is 0. The Morgan fingerprint density at radius 1 is 1.11 bits per heavy atom. The standard InChI is InChI=1S/C27H28ClN7O/c1-16(17-5-7-23(31-11-17)18-4-6-19(10-29)30-12-18)26(36)34-25-8-20(22(28)14-32-25)21-13-33-35-15-27(2,3)9-24(21)35/h4-8,11-14,16H,9-10,15,29H2,1-3H3,(H,32,34,36). The number of nitrogens with zero attached hydrogens (tertiary/aromatic N) is 5. The first kappa shape index (κ1) is 24.1. The summed E-state index contributed by atoms with van der Waals surface area (Å²) in [6.07, 6.45) is 7.79. The summed E-state index contributed by atoms with van der Waals surface area (Å²) < 4.78 is 2.03. The number of hydrogen-bond acceptors (Lipinski definition) is 6. The highest BCUT2D eigenvalue weighted by Crippen LogP contribution is 2.39. The Bertz CT molecular complexity index is 1410. The van der Waals surface area contributed by atoms with Crippen LogP contribution in [-0.2, 0) is 24.3 Å². The van der Waals surface area contributed by atoms with Crippen molar-refractivity contribution in [2.24, 2.45) is 11.1 Å². The van der Waals surface area contributed by atoms with Crippen LogP contribution in [0.2, 0.25) is 5.02 Å². The van der Waals surface area contributed by atoms with Crippen LogP contribution in [0.5, 0.6) is 0 Å². The smallest absolute Gasteiger partial charge is 0.232 e. The van der Waals surface area contributed by atoms with Gasteiger partial charge in [-0.2, -0.15) is 5.10 Å². The van der Waals surface area contributed by atoms with Crippen molar-refractivity contribution in [1.82, 2.24) is 24.7 Å². The Morgan fingerprint density at radius 2 is 1.94 bits per heavy atom. The third-order valence-corrected chi connectivity index (χ3v) is 6.88. The van der Waals surface area contributed by atoms with E-state index in [0.717, 1.165) is 52.3 Å². The third kappa shape index (κ3) is 4.74. The lowest BCUT2D eigenvalue weighted by Gasteiger charge is -2.15. The minimum atomic E-state index is -0.425. The summed E-state index contributed by atoms with van der Waals surface area (Å²) in [5.74, 6) is -0.161. The Hall–Kier alpha value is -3.62. The molecule has 0 spiro atoms. The molecule has 36 heavy (non-hydrogen) atoms. The average Bonchev–Trinajstić information content (AvgIpc) is 3.39. The quantitative estimate of drug-likeness (QED) is 0.391. The van der Waals surface area contributed by atoms with Crippen molar-refractivity contribution in [3.63, 3.8) is 0 Å². The molecule has 1 unspecified atom stereocenters. The number of fused-ring (bicyclic) bond motifs is 1. The number of amides is 1. The highest BCUT2D eigenvalue weighted by molar-refractivity contribution is 6.33. The van der Waals surface area contributed by atoms with E-state index in [-0.39, 0.29) is 11.3 Å². The van der Waals surface area contributed by atoms with E-state index in [1.807, 2.05) is 48.1 Å². The van der Waals surface area contributed by atoms with Gasteiger partial charge in [-0.3, -0.25) is 19.4 Å². The van der Waals surface area contributed by atoms with Crippen LogP contribution in [0.25, 0.3) is 22.4 Å². The van der Waals surface area contributed by atoms with Gasteiger partial charge < -0.3 is 11.1 Å². The van der Waals surface area contributed by atoms with Gasteiger partial charge in [0, 0.05) is 54.1 Å². The highest BCUT2D eigenvalue weighted by atomic mass is 35.5. The first-order chi connectivity index (χ1) is 17.2. The van der Waals surface area contributed by atoms with Crippen molar-refractivity contribution in [2.75, 3.05) is 5.32 Å². The monoisotopic (exact) mass is 501 g/mol. The minimum Gasteiger partial charge on any atom is -0.325 e. The molecule has 4 aromatic rings. The van der Waals surface area contributed by atoms with Crippen LogP contribution in [0.4, 0.5) is 5.82 Å². The van der Waals surface area contributed by atoms with E-state index in [4.69, 9.17) is 17.3 Å². The fourth-order valence-corrected chi connectivity index (χ4v) is 4.71. The minimum absolute atomic E-state index is 0.151. The molecule has 184 valence electrons. The number of pyridine rings is 3. The summed E-state index contributed by atoms with van der Waals surface area (Å²) >= 11 is 6.51. The SMILES string of the molecule is CC(C(=O)Nc1cc(-c2cnn3c2CC(C)(C)C3)c(Cl)cn1)c1ccc(-c2ccc(CN)nc2)nc1. The van der Waals surface area contributed by atoms with Crippen LogP contribution in [0.3, 0.4) is 0 Å². The number of carbonyl (C=O) groups excluding carboxylic acids is 1. The molecule has 4 aromatic heterocycles.